The molecule has 0 radical (unpaired) electrons. The molecule has 0 fully saturated rings. The van der Waals surface area contributed by atoms with Gasteiger partial charge in [0.2, 0.25) is 0 Å². The minimum Gasteiger partial charge on any atom is -0.508 e. The Balaban J connectivity index is 0.000000171. The van der Waals surface area contributed by atoms with Crippen LogP contribution in [0.4, 0.5) is 0 Å². The van der Waals surface area contributed by atoms with Gasteiger partial charge in [0.05, 0.1) is 7.11 Å². The van der Waals surface area contributed by atoms with Crippen LogP contribution in [-0.2, 0) is 0 Å². The summed E-state index contributed by atoms with van der Waals surface area (Å²) in [4.78, 5) is 0. The van der Waals surface area contributed by atoms with Crippen LogP contribution >= 0.6 is 0 Å². The van der Waals surface area contributed by atoms with Gasteiger partial charge in [-0.15, -0.1) is 0 Å². The van der Waals surface area contributed by atoms with E-state index < -0.39 is 0 Å². The van der Waals surface area contributed by atoms with E-state index in [1.165, 1.54) is 0 Å². The van der Waals surface area contributed by atoms with Crippen LogP contribution in [0.3, 0.4) is 0 Å². The third-order valence-electron chi connectivity index (χ3n) is 2.34. The molecular weight excluding hydrogens is 212 g/mol. The number of phenols is 1. The van der Waals surface area contributed by atoms with Crippen molar-refractivity contribution in [1.82, 2.24) is 0 Å². The molecule has 0 saturated heterocycles. The molecule has 0 spiro atoms. The quantitative estimate of drug-likeness (QED) is 0.809. The molecule has 0 saturated carbocycles. The van der Waals surface area contributed by atoms with Crippen molar-refractivity contribution >= 4 is 0 Å². The number of aryl methyl sites for hydroxylation is 2. The van der Waals surface area contributed by atoms with E-state index in [-0.39, 0.29) is 0 Å². The maximum Gasteiger partial charge on any atom is 0.118 e. The highest BCUT2D eigenvalue weighted by molar-refractivity contribution is 5.34. The van der Waals surface area contributed by atoms with Crippen molar-refractivity contribution in [3.63, 3.8) is 0 Å². The normalized spacial score (nSPS) is 9.12. The number of phenolic OH excluding ortho intramolecular Hbond substituents is 1. The zero-order valence-electron chi connectivity index (χ0n) is 10.5. The summed E-state index contributed by atoms with van der Waals surface area (Å²) in [5.74, 6) is 1.29. The molecule has 90 valence electrons. The second-order valence-corrected chi connectivity index (χ2v) is 3.81. The molecular formula is C15H18O2. The first-order valence-electron chi connectivity index (χ1n) is 5.48. The molecule has 2 rings (SSSR count). The van der Waals surface area contributed by atoms with Crippen molar-refractivity contribution < 1.29 is 9.84 Å². The number of para-hydroxylation sites is 1. The standard InChI is InChI=1S/C8H10O.C7H8O/c1-6-3-4-7(2)8(9)5-6;1-8-7-5-3-2-4-6-7/h3-5,9H,1-2H3;2-6H,1H3. The Morgan fingerprint density at radius 3 is 2.00 bits per heavy atom. The van der Waals surface area contributed by atoms with Crippen LogP contribution in [0.15, 0.2) is 48.5 Å². The highest BCUT2D eigenvalue weighted by Crippen LogP contribution is 2.15. The van der Waals surface area contributed by atoms with Gasteiger partial charge in [-0.05, 0) is 43.2 Å². The van der Waals surface area contributed by atoms with Crippen molar-refractivity contribution in [2.75, 3.05) is 7.11 Å². The number of hydrogen-bond donors (Lipinski definition) is 1. The number of rotatable bonds is 1. The second-order valence-electron chi connectivity index (χ2n) is 3.81. The predicted molar refractivity (Wildman–Crippen MR) is 70.6 cm³/mol. The minimum atomic E-state index is 0.384. The average molecular weight is 230 g/mol. The van der Waals surface area contributed by atoms with Crippen molar-refractivity contribution in [2.45, 2.75) is 13.8 Å². The molecule has 0 unspecified atom stereocenters. The number of methoxy groups -OCH3 is 1. The van der Waals surface area contributed by atoms with Crippen LogP contribution in [0.25, 0.3) is 0 Å². The van der Waals surface area contributed by atoms with Crippen LogP contribution in [0.5, 0.6) is 11.5 Å². The average Bonchev–Trinajstić information content (AvgIpc) is 2.36. The van der Waals surface area contributed by atoms with Crippen molar-refractivity contribution in [3.05, 3.63) is 59.7 Å². The fraction of sp³-hybridized carbons (Fsp3) is 0.200. The van der Waals surface area contributed by atoms with Gasteiger partial charge in [0.25, 0.3) is 0 Å². The van der Waals surface area contributed by atoms with Crippen molar-refractivity contribution in [1.29, 1.82) is 0 Å². The molecule has 17 heavy (non-hydrogen) atoms. The van der Waals surface area contributed by atoms with E-state index in [0.29, 0.717) is 5.75 Å². The van der Waals surface area contributed by atoms with Gasteiger partial charge >= 0.3 is 0 Å². The van der Waals surface area contributed by atoms with E-state index in [1.807, 2.05) is 56.3 Å². The van der Waals surface area contributed by atoms with Crippen molar-refractivity contribution in [2.24, 2.45) is 0 Å². The lowest BCUT2D eigenvalue weighted by molar-refractivity contribution is 0.415. The van der Waals surface area contributed by atoms with E-state index in [9.17, 15) is 0 Å². The Hall–Kier alpha value is -1.96. The van der Waals surface area contributed by atoms with Gasteiger partial charge in [-0.1, -0.05) is 30.3 Å². The first-order chi connectivity index (χ1) is 8.13. The van der Waals surface area contributed by atoms with Gasteiger partial charge in [-0.3, -0.25) is 0 Å². The van der Waals surface area contributed by atoms with E-state index in [0.717, 1.165) is 16.9 Å². The number of benzene rings is 2. The second kappa shape index (κ2) is 6.59. The Kier molecular flexibility index (Phi) is 5.08. The van der Waals surface area contributed by atoms with Gasteiger partial charge in [-0.2, -0.15) is 0 Å². The number of ether oxygens (including phenoxy) is 1. The van der Waals surface area contributed by atoms with Gasteiger partial charge in [0.15, 0.2) is 0 Å². The maximum atomic E-state index is 9.10. The van der Waals surface area contributed by atoms with E-state index in [4.69, 9.17) is 9.84 Å². The number of aromatic hydroxyl groups is 1. The molecule has 0 aliphatic carbocycles. The largest absolute Gasteiger partial charge is 0.508 e. The van der Waals surface area contributed by atoms with Crippen LogP contribution in [-0.4, -0.2) is 12.2 Å². The fourth-order valence-corrected chi connectivity index (χ4v) is 1.28. The van der Waals surface area contributed by atoms with E-state index in [1.54, 1.807) is 13.2 Å². The molecule has 0 bridgehead atoms. The first-order valence-corrected chi connectivity index (χ1v) is 5.48. The Labute approximate surface area is 102 Å². The first kappa shape index (κ1) is 13.1. The maximum absolute atomic E-state index is 9.10. The smallest absolute Gasteiger partial charge is 0.118 e. The highest BCUT2D eigenvalue weighted by atomic mass is 16.5. The summed E-state index contributed by atoms with van der Waals surface area (Å²) in [5.41, 5.74) is 2.03. The summed E-state index contributed by atoms with van der Waals surface area (Å²) in [6.45, 7) is 3.84. The Morgan fingerprint density at radius 2 is 1.59 bits per heavy atom. The van der Waals surface area contributed by atoms with Gasteiger partial charge < -0.3 is 9.84 Å². The molecule has 0 aliphatic heterocycles. The SMILES string of the molecule is COc1ccccc1.Cc1ccc(C)c(O)c1. The fourth-order valence-electron chi connectivity index (χ4n) is 1.28. The zero-order chi connectivity index (χ0) is 12.7. The minimum absolute atomic E-state index is 0.384. The number of hydrogen-bond acceptors (Lipinski definition) is 2. The van der Waals surface area contributed by atoms with Crippen LogP contribution < -0.4 is 4.74 Å². The molecule has 2 aromatic rings. The third-order valence-corrected chi connectivity index (χ3v) is 2.34. The summed E-state index contributed by atoms with van der Waals surface area (Å²) in [6, 6.07) is 15.3. The van der Waals surface area contributed by atoms with Gasteiger partial charge in [0.1, 0.15) is 11.5 Å². The van der Waals surface area contributed by atoms with Crippen LogP contribution in [0.1, 0.15) is 11.1 Å². The third kappa shape index (κ3) is 4.60. The molecule has 2 aromatic carbocycles. The molecule has 0 aromatic heterocycles. The molecule has 0 atom stereocenters. The van der Waals surface area contributed by atoms with E-state index >= 15 is 0 Å². The molecule has 0 amide bonds. The van der Waals surface area contributed by atoms with Crippen molar-refractivity contribution in [3.8, 4) is 11.5 Å². The van der Waals surface area contributed by atoms with Gasteiger partial charge in [0, 0.05) is 0 Å². The predicted octanol–water partition coefficient (Wildman–Crippen LogP) is 3.70. The highest BCUT2D eigenvalue weighted by Gasteiger charge is 1.91. The molecule has 0 heterocycles. The van der Waals surface area contributed by atoms with Crippen LogP contribution in [0, 0.1) is 13.8 Å². The molecule has 2 nitrogen and oxygen atoms in total. The molecule has 0 aliphatic rings. The summed E-state index contributed by atoms with van der Waals surface area (Å²) in [5, 5.41) is 9.10. The monoisotopic (exact) mass is 230 g/mol. The molecule has 2 heteroatoms. The lowest BCUT2D eigenvalue weighted by atomic mass is 10.1. The lowest BCUT2D eigenvalue weighted by Crippen LogP contribution is -1.78. The summed E-state index contributed by atoms with van der Waals surface area (Å²) >= 11 is 0. The van der Waals surface area contributed by atoms with E-state index in [2.05, 4.69) is 0 Å². The lowest BCUT2D eigenvalue weighted by Gasteiger charge is -1.97. The van der Waals surface area contributed by atoms with Gasteiger partial charge in [-0.25, -0.2) is 0 Å². The topological polar surface area (TPSA) is 29.5 Å². The molecule has 1 N–H and O–H groups in total. The van der Waals surface area contributed by atoms with Crippen LogP contribution in [0.2, 0.25) is 0 Å². The summed E-state index contributed by atoms with van der Waals surface area (Å²) < 4.78 is 4.91. The zero-order valence-corrected chi connectivity index (χ0v) is 10.5. The summed E-state index contributed by atoms with van der Waals surface area (Å²) in [6.07, 6.45) is 0. The Bertz CT molecular complexity index is 450. The summed E-state index contributed by atoms with van der Waals surface area (Å²) in [7, 11) is 1.66. The Morgan fingerprint density at radius 1 is 0.941 bits per heavy atom.